The van der Waals surface area contributed by atoms with E-state index in [1.165, 1.54) is 22.3 Å². The number of likely N-dealkylation sites (N-methyl/N-ethyl adjacent to an activating group) is 1. The van der Waals surface area contributed by atoms with Crippen LogP contribution < -0.4 is 16.2 Å². The molecular weight excluding hydrogens is 314 g/mol. The van der Waals surface area contributed by atoms with E-state index in [0.29, 0.717) is 28.5 Å². The van der Waals surface area contributed by atoms with Crippen molar-refractivity contribution in [1.82, 2.24) is 9.97 Å². The molecule has 1 atom stereocenters. The van der Waals surface area contributed by atoms with Gasteiger partial charge in [0, 0.05) is 23.7 Å². The number of nitrogens with one attached hydrogen (secondary N) is 1. The van der Waals surface area contributed by atoms with E-state index >= 15 is 0 Å². The van der Waals surface area contributed by atoms with E-state index in [9.17, 15) is 9.59 Å². The highest BCUT2D eigenvalue weighted by molar-refractivity contribution is 7.14. The quantitative estimate of drug-likeness (QED) is 0.878. The third-order valence-corrected chi connectivity index (χ3v) is 4.42. The van der Waals surface area contributed by atoms with Gasteiger partial charge in [0.1, 0.15) is 11.6 Å². The number of pyridine rings is 1. The number of nitriles is 1. The summed E-state index contributed by atoms with van der Waals surface area (Å²) in [4.78, 5) is 32.2. The van der Waals surface area contributed by atoms with Gasteiger partial charge in [-0.05, 0) is 19.4 Å². The minimum absolute atomic E-state index is 0.0255. The Kier molecular flexibility index (Phi) is 4.93. The lowest BCUT2D eigenvalue weighted by Gasteiger charge is -2.17. The fourth-order valence-electron chi connectivity index (χ4n) is 2.03. The molecule has 0 bridgehead atoms. The molecule has 2 rings (SSSR count). The normalized spacial score (nSPS) is 11.8. The second kappa shape index (κ2) is 6.73. The molecule has 0 aromatic carbocycles. The molecule has 8 heteroatoms. The van der Waals surface area contributed by atoms with Crippen LogP contribution in [0, 0.1) is 18.3 Å². The Morgan fingerprint density at radius 3 is 2.91 bits per heavy atom. The standard InChI is InChI=1S/C15H17N5O2S/c1-4-11(17)14(22)20(3)15-19-12(7-23-15)10-5-9(6-16)13(21)18-8(10)2/h5,7,11H,4,17H2,1-3H3,(H,18,21). The van der Waals surface area contributed by atoms with Crippen LogP contribution in [-0.4, -0.2) is 29.0 Å². The Bertz CT molecular complexity index is 833. The Morgan fingerprint density at radius 1 is 1.61 bits per heavy atom. The first-order chi connectivity index (χ1) is 10.9. The van der Waals surface area contributed by atoms with E-state index in [1.54, 1.807) is 19.4 Å². The molecule has 0 radical (unpaired) electrons. The zero-order chi connectivity index (χ0) is 17.1. The summed E-state index contributed by atoms with van der Waals surface area (Å²) in [6, 6.07) is 2.80. The van der Waals surface area contributed by atoms with Gasteiger partial charge < -0.3 is 10.7 Å². The number of rotatable bonds is 4. The van der Waals surface area contributed by atoms with E-state index in [4.69, 9.17) is 11.0 Å². The first kappa shape index (κ1) is 16.9. The molecule has 1 unspecified atom stereocenters. The van der Waals surface area contributed by atoms with E-state index in [-0.39, 0.29) is 11.5 Å². The molecule has 3 N–H and O–H groups in total. The molecule has 0 spiro atoms. The predicted octanol–water partition coefficient (Wildman–Crippen LogP) is 1.38. The van der Waals surface area contributed by atoms with E-state index < -0.39 is 11.6 Å². The second-order valence-corrected chi connectivity index (χ2v) is 5.93. The number of nitrogens with zero attached hydrogens (tertiary/aromatic N) is 3. The van der Waals surface area contributed by atoms with Crippen molar-refractivity contribution in [2.24, 2.45) is 5.73 Å². The summed E-state index contributed by atoms with van der Waals surface area (Å²) >= 11 is 1.30. The molecule has 2 heterocycles. The van der Waals surface area contributed by atoms with Gasteiger partial charge in [-0.3, -0.25) is 14.5 Å². The fraction of sp³-hybridized carbons (Fsp3) is 0.333. The average Bonchev–Trinajstić information content (AvgIpc) is 3.02. The maximum absolute atomic E-state index is 12.1. The van der Waals surface area contributed by atoms with Crippen molar-refractivity contribution in [3.05, 3.63) is 33.1 Å². The van der Waals surface area contributed by atoms with Crippen LogP contribution in [0.1, 0.15) is 24.6 Å². The molecule has 0 fully saturated rings. The largest absolute Gasteiger partial charge is 0.325 e. The van der Waals surface area contributed by atoms with Crippen LogP contribution in [0.3, 0.4) is 0 Å². The van der Waals surface area contributed by atoms with Gasteiger partial charge in [0.05, 0.1) is 11.7 Å². The highest BCUT2D eigenvalue weighted by atomic mass is 32.1. The molecular formula is C15H17N5O2S. The molecule has 0 aliphatic heterocycles. The summed E-state index contributed by atoms with van der Waals surface area (Å²) in [6.07, 6.45) is 0.548. The maximum atomic E-state index is 12.1. The van der Waals surface area contributed by atoms with E-state index in [2.05, 4.69) is 9.97 Å². The van der Waals surface area contributed by atoms with Crippen molar-refractivity contribution in [2.45, 2.75) is 26.3 Å². The minimum atomic E-state index is -0.563. The molecule has 1 amide bonds. The summed E-state index contributed by atoms with van der Waals surface area (Å²) < 4.78 is 0. The van der Waals surface area contributed by atoms with E-state index in [1.807, 2.05) is 13.0 Å². The van der Waals surface area contributed by atoms with E-state index in [0.717, 1.165) is 0 Å². The predicted molar refractivity (Wildman–Crippen MR) is 89.3 cm³/mol. The zero-order valence-corrected chi connectivity index (χ0v) is 13.9. The third kappa shape index (κ3) is 3.31. The zero-order valence-electron chi connectivity index (χ0n) is 13.1. The van der Waals surface area contributed by atoms with Crippen molar-refractivity contribution in [2.75, 3.05) is 11.9 Å². The van der Waals surface area contributed by atoms with Gasteiger partial charge in [-0.1, -0.05) is 6.92 Å². The van der Waals surface area contributed by atoms with Gasteiger partial charge in [-0.25, -0.2) is 4.98 Å². The van der Waals surface area contributed by atoms with Crippen molar-refractivity contribution in [3.8, 4) is 17.3 Å². The molecule has 2 aromatic heterocycles. The van der Waals surface area contributed by atoms with Gasteiger partial charge in [-0.15, -0.1) is 11.3 Å². The second-order valence-electron chi connectivity index (χ2n) is 5.09. The molecule has 0 aliphatic rings. The van der Waals surface area contributed by atoms with Gasteiger partial charge in [0.25, 0.3) is 5.56 Å². The van der Waals surface area contributed by atoms with Crippen LogP contribution in [-0.2, 0) is 4.79 Å². The average molecular weight is 331 g/mol. The molecule has 23 heavy (non-hydrogen) atoms. The molecule has 120 valence electrons. The molecule has 2 aromatic rings. The number of carbonyl (C=O) groups excluding carboxylic acids is 1. The van der Waals surface area contributed by atoms with Crippen molar-refractivity contribution < 1.29 is 4.79 Å². The number of aryl methyl sites for hydroxylation is 1. The number of amides is 1. The number of hydrogen-bond acceptors (Lipinski definition) is 6. The number of hydrogen-bond donors (Lipinski definition) is 2. The van der Waals surface area contributed by atoms with Gasteiger partial charge in [-0.2, -0.15) is 5.26 Å². The van der Waals surface area contributed by atoms with Crippen LogP contribution in [0.25, 0.3) is 11.3 Å². The van der Waals surface area contributed by atoms with Crippen molar-refractivity contribution >= 4 is 22.4 Å². The van der Waals surface area contributed by atoms with Crippen LogP contribution in [0.2, 0.25) is 0 Å². The number of anilines is 1. The number of H-pyrrole nitrogens is 1. The van der Waals surface area contributed by atoms with Crippen LogP contribution >= 0.6 is 11.3 Å². The summed E-state index contributed by atoms with van der Waals surface area (Å²) in [5, 5.41) is 11.3. The number of nitrogens with two attached hydrogens (primary N) is 1. The summed E-state index contributed by atoms with van der Waals surface area (Å²) in [5.41, 5.74) is 7.23. The summed E-state index contributed by atoms with van der Waals surface area (Å²) in [6.45, 7) is 3.58. The van der Waals surface area contributed by atoms with Gasteiger partial charge >= 0.3 is 0 Å². The number of aromatic amines is 1. The number of carbonyl (C=O) groups is 1. The van der Waals surface area contributed by atoms with Gasteiger partial charge in [0.15, 0.2) is 5.13 Å². The Balaban J connectivity index is 2.39. The molecule has 0 aliphatic carbocycles. The Labute approximate surface area is 137 Å². The lowest BCUT2D eigenvalue weighted by Crippen LogP contribution is -2.41. The minimum Gasteiger partial charge on any atom is -0.325 e. The highest BCUT2D eigenvalue weighted by Gasteiger charge is 2.20. The first-order valence-corrected chi connectivity index (χ1v) is 7.90. The topological polar surface area (TPSA) is 116 Å². The van der Waals surface area contributed by atoms with Gasteiger partial charge in [0.2, 0.25) is 5.91 Å². The summed E-state index contributed by atoms with van der Waals surface area (Å²) in [5.74, 6) is -0.204. The molecule has 0 saturated carbocycles. The lowest BCUT2D eigenvalue weighted by atomic mass is 10.1. The Morgan fingerprint density at radius 2 is 2.30 bits per heavy atom. The number of aromatic nitrogens is 2. The monoisotopic (exact) mass is 331 g/mol. The fourth-order valence-corrected chi connectivity index (χ4v) is 2.83. The first-order valence-electron chi connectivity index (χ1n) is 7.02. The maximum Gasteiger partial charge on any atom is 0.266 e. The summed E-state index contributed by atoms with van der Waals surface area (Å²) in [7, 11) is 1.63. The van der Waals surface area contributed by atoms with Crippen LogP contribution in [0.5, 0.6) is 0 Å². The van der Waals surface area contributed by atoms with Crippen molar-refractivity contribution in [3.63, 3.8) is 0 Å². The van der Waals surface area contributed by atoms with Crippen molar-refractivity contribution in [1.29, 1.82) is 5.26 Å². The lowest BCUT2D eigenvalue weighted by molar-refractivity contribution is -0.119. The highest BCUT2D eigenvalue weighted by Crippen LogP contribution is 2.28. The number of thiazole rings is 1. The molecule has 0 saturated heterocycles. The third-order valence-electron chi connectivity index (χ3n) is 3.50. The SMILES string of the molecule is CCC(N)C(=O)N(C)c1nc(-c2cc(C#N)c(=O)[nH]c2C)cs1. The molecule has 7 nitrogen and oxygen atoms in total. The van der Waals surface area contributed by atoms with Crippen LogP contribution in [0.4, 0.5) is 5.13 Å². The van der Waals surface area contributed by atoms with Crippen LogP contribution in [0.15, 0.2) is 16.2 Å². The Hall–Kier alpha value is -2.50. The smallest absolute Gasteiger partial charge is 0.266 e.